The van der Waals surface area contributed by atoms with E-state index in [0.717, 1.165) is 16.6 Å². The predicted octanol–water partition coefficient (Wildman–Crippen LogP) is 1.90. The van der Waals surface area contributed by atoms with Crippen molar-refractivity contribution in [2.45, 2.75) is 25.5 Å². The second kappa shape index (κ2) is 5.31. The first-order valence-electron chi connectivity index (χ1n) is 5.28. The van der Waals surface area contributed by atoms with Crippen LogP contribution in [0.25, 0.3) is 0 Å². The van der Waals surface area contributed by atoms with E-state index in [2.05, 4.69) is 9.88 Å². The summed E-state index contributed by atoms with van der Waals surface area (Å²) in [7, 11) is 1.69. The molecular formula is C10H15ClN2O2S. The van der Waals surface area contributed by atoms with Gasteiger partial charge in [-0.15, -0.1) is 0 Å². The van der Waals surface area contributed by atoms with Crippen molar-refractivity contribution in [3.63, 3.8) is 0 Å². The zero-order valence-corrected chi connectivity index (χ0v) is 10.7. The lowest BCUT2D eigenvalue weighted by Crippen LogP contribution is -2.29. The van der Waals surface area contributed by atoms with Gasteiger partial charge < -0.3 is 14.7 Å². The fourth-order valence-corrected chi connectivity index (χ4v) is 2.77. The van der Waals surface area contributed by atoms with Crippen LogP contribution in [-0.4, -0.2) is 36.4 Å². The predicted molar refractivity (Wildman–Crippen MR) is 65.3 cm³/mol. The summed E-state index contributed by atoms with van der Waals surface area (Å²) in [6, 6.07) is 0.573. The lowest BCUT2D eigenvalue weighted by Gasteiger charge is -2.20. The summed E-state index contributed by atoms with van der Waals surface area (Å²) in [4.78, 5) is 7.25. The number of anilines is 1. The van der Waals surface area contributed by atoms with Gasteiger partial charge in [-0.25, -0.2) is 4.98 Å². The Morgan fingerprint density at radius 2 is 2.38 bits per heavy atom. The maximum Gasteiger partial charge on any atom is 0.187 e. The lowest BCUT2D eigenvalue weighted by atomic mass is 10.5. The number of rotatable bonds is 6. The number of aliphatic hydroxyl groups is 1. The third kappa shape index (κ3) is 2.66. The van der Waals surface area contributed by atoms with Crippen molar-refractivity contribution in [1.29, 1.82) is 0 Å². The van der Waals surface area contributed by atoms with Gasteiger partial charge in [-0.2, -0.15) is 0 Å². The fraction of sp³-hybridized carbons (Fsp3) is 0.700. The van der Waals surface area contributed by atoms with Crippen molar-refractivity contribution in [3.05, 3.63) is 10.0 Å². The van der Waals surface area contributed by atoms with Crippen LogP contribution >= 0.6 is 22.9 Å². The molecule has 1 aliphatic carbocycles. The molecular weight excluding hydrogens is 248 g/mol. The molecule has 6 heteroatoms. The van der Waals surface area contributed by atoms with Gasteiger partial charge in [0.2, 0.25) is 0 Å². The van der Waals surface area contributed by atoms with Crippen LogP contribution in [0.5, 0.6) is 0 Å². The number of aromatic nitrogens is 1. The molecule has 90 valence electrons. The smallest absolute Gasteiger partial charge is 0.187 e. The lowest BCUT2D eigenvalue weighted by molar-refractivity contribution is 0.205. The van der Waals surface area contributed by atoms with Crippen molar-refractivity contribution in [2.24, 2.45) is 0 Å². The van der Waals surface area contributed by atoms with Crippen LogP contribution in [0.4, 0.5) is 5.13 Å². The molecule has 0 aliphatic heterocycles. The number of halogens is 1. The number of aliphatic hydroxyl groups excluding tert-OH is 1. The van der Waals surface area contributed by atoms with E-state index in [-0.39, 0.29) is 6.61 Å². The first-order valence-corrected chi connectivity index (χ1v) is 6.47. The van der Waals surface area contributed by atoms with Crippen LogP contribution in [0.15, 0.2) is 0 Å². The van der Waals surface area contributed by atoms with Crippen LogP contribution in [0.3, 0.4) is 0 Å². The molecule has 1 aliphatic rings. The first kappa shape index (κ1) is 12.1. The van der Waals surface area contributed by atoms with Crippen molar-refractivity contribution < 1.29 is 9.84 Å². The molecule has 0 saturated heterocycles. The van der Waals surface area contributed by atoms with Gasteiger partial charge in [0.25, 0.3) is 0 Å². The average Bonchev–Trinajstić information content (AvgIpc) is 3.03. The van der Waals surface area contributed by atoms with Crippen LogP contribution < -0.4 is 4.90 Å². The van der Waals surface area contributed by atoms with E-state index in [4.69, 9.17) is 21.4 Å². The number of ether oxygens (including phenoxy) is 1. The third-order valence-electron chi connectivity index (χ3n) is 2.55. The molecule has 2 rings (SSSR count). The molecule has 0 bridgehead atoms. The minimum atomic E-state index is -0.0424. The molecule has 0 aromatic carbocycles. The van der Waals surface area contributed by atoms with Gasteiger partial charge in [0.1, 0.15) is 5.15 Å². The summed E-state index contributed by atoms with van der Waals surface area (Å²) >= 11 is 7.39. The van der Waals surface area contributed by atoms with E-state index in [1.165, 1.54) is 24.2 Å². The van der Waals surface area contributed by atoms with Gasteiger partial charge in [0.05, 0.1) is 18.1 Å². The van der Waals surface area contributed by atoms with Crippen LogP contribution in [0.1, 0.15) is 17.7 Å². The highest BCUT2D eigenvalue weighted by Crippen LogP contribution is 2.36. The topological polar surface area (TPSA) is 45.6 Å². The summed E-state index contributed by atoms with van der Waals surface area (Å²) in [5.74, 6) is 0. The second-order valence-corrected chi connectivity index (χ2v) is 5.21. The molecule has 0 spiro atoms. The normalized spacial score (nSPS) is 15.4. The van der Waals surface area contributed by atoms with Crippen LogP contribution in [0, 0.1) is 0 Å². The molecule has 1 heterocycles. The summed E-state index contributed by atoms with van der Waals surface area (Å²) in [5, 5.41) is 10.4. The van der Waals surface area contributed by atoms with Crippen molar-refractivity contribution in [3.8, 4) is 0 Å². The van der Waals surface area contributed by atoms with Gasteiger partial charge in [0.15, 0.2) is 5.13 Å². The van der Waals surface area contributed by atoms with Crippen molar-refractivity contribution >= 4 is 28.1 Å². The van der Waals surface area contributed by atoms with Gasteiger partial charge in [-0.05, 0) is 12.8 Å². The number of nitrogens with zero attached hydrogens (tertiary/aromatic N) is 2. The molecule has 1 N–H and O–H groups in total. The van der Waals surface area contributed by atoms with E-state index in [1.807, 2.05) is 0 Å². The molecule has 1 aromatic rings. The van der Waals surface area contributed by atoms with Crippen molar-refractivity contribution in [1.82, 2.24) is 4.98 Å². The van der Waals surface area contributed by atoms with E-state index in [1.54, 1.807) is 7.11 Å². The highest BCUT2D eigenvalue weighted by molar-refractivity contribution is 7.16. The Hall–Kier alpha value is -0.360. The Morgan fingerprint density at radius 3 is 2.88 bits per heavy atom. The van der Waals surface area contributed by atoms with E-state index in [9.17, 15) is 0 Å². The fourth-order valence-electron chi connectivity index (χ4n) is 1.55. The maximum absolute atomic E-state index is 9.09. The molecule has 0 unspecified atom stereocenters. The van der Waals surface area contributed by atoms with Gasteiger partial charge in [-0.1, -0.05) is 22.9 Å². The zero-order valence-electron chi connectivity index (χ0n) is 9.15. The highest BCUT2D eigenvalue weighted by Gasteiger charge is 2.31. The van der Waals surface area contributed by atoms with Crippen molar-refractivity contribution in [2.75, 3.05) is 25.2 Å². The quantitative estimate of drug-likeness (QED) is 0.851. The SMILES string of the molecule is COCCN(c1nc(Cl)c(CO)s1)C1CC1. The molecule has 0 amide bonds. The molecule has 1 saturated carbocycles. The van der Waals surface area contributed by atoms with E-state index >= 15 is 0 Å². The van der Waals surface area contributed by atoms with Gasteiger partial charge in [-0.3, -0.25) is 0 Å². The molecule has 4 nitrogen and oxygen atoms in total. The van der Waals surface area contributed by atoms with E-state index < -0.39 is 0 Å². The summed E-state index contributed by atoms with van der Waals surface area (Å²) in [6.45, 7) is 1.47. The van der Waals surface area contributed by atoms with Crippen LogP contribution in [0.2, 0.25) is 5.15 Å². The van der Waals surface area contributed by atoms with Crippen LogP contribution in [-0.2, 0) is 11.3 Å². The molecule has 16 heavy (non-hydrogen) atoms. The monoisotopic (exact) mass is 262 g/mol. The molecule has 0 radical (unpaired) electrons. The Morgan fingerprint density at radius 1 is 1.62 bits per heavy atom. The minimum absolute atomic E-state index is 0.0424. The first-order chi connectivity index (χ1) is 7.76. The Balaban J connectivity index is 2.11. The number of hydrogen-bond donors (Lipinski definition) is 1. The summed E-state index contributed by atoms with van der Waals surface area (Å²) < 4.78 is 5.09. The third-order valence-corrected chi connectivity index (χ3v) is 4.05. The minimum Gasteiger partial charge on any atom is -0.391 e. The maximum atomic E-state index is 9.09. The number of methoxy groups -OCH3 is 1. The second-order valence-electron chi connectivity index (χ2n) is 3.79. The summed E-state index contributed by atoms with van der Waals surface area (Å²) in [5.41, 5.74) is 0. The number of thiazole rings is 1. The van der Waals surface area contributed by atoms with Gasteiger partial charge >= 0.3 is 0 Å². The Kier molecular flexibility index (Phi) is 4.02. The molecule has 0 atom stereocenters. The average molecular weight is 263 g/mol. The Bertz CT molecular complexity index is 355. The van der Waals surface area contributed by atoms with Gasteiger partial charge in [0, 0.05) is 19.7 Å². The largest absolute Gasteiger partial charge is 0.391 e. The summed E-state index contributed by atoms with van der Waals surface area (Å²) in [6.07, 6.45) is 2.41. The molecule has 1 fully saturated rings. The standard InChI is InChI=1S/C10H15ClN2O2S/c1-15-5-4-13(7-2-3-7)10-12-9(11)8(6-14)16-10/h7,14H,2-6H2,1H3. The highest BCUT2D eigenvalue weighted by atomic mass is 35.5. The number of hydrogen-bond acceptors (Lipinski definition) is 5. The van der Waals surface area contributed by atoms with E-state index in [0.29, 0.717) is 17.8 Å². The Labute approximate surface area is 104 Å². The zero-order chi connectivity index (χ0) is 11.5. The molecule has 1 aromatic heterocycles.